The van der Waals surface area contributed by atoms with Gasteiger partial charge in [0.25, 0.3) is 0 Å². The van der Waals surface area contributed by atoms with E-state index in [-0.39, 0.29) is 0 Å². The lowest BCUT2D eigenvalue weighted by Crippen LogP contribution is -2.10. The number of benzene rings is 1. The predicted octanol–water partition coefficient (Wildman–Crippen LogP) is 2.20. The molecule has 0 spiro atoms. The Balaban J connectivity index is 2.17. The van der Waals surface area contributed by atoms with E-state index in [1.807, 2.05) is 24.5 Å². The van der Waals surface area contributed by atoms with Crippen LogP contribution in [0, 0.1) is 0 Å². The van der Waals surface area contributed by atoms with Crippen LogP contribution in [0.25, 0.3) is 0 Å². The van der Waals surface area contributed by atoms with Crippen molar-refractivity contribution in [3.63, 3.8) is 0 Å². The molecule has 0 bridgehead atoms. The van der Waals surface area contributed by atoms with Gasteiger partial charge >= 0.3 is 0 Å². The average Bonchev–Trinajstić information content (AvgIpc) is 2.66. The topological polar surface area (TPSA) is 43.8 Å². The number of imidazole rings is 1. The van der Waals surface area contributed by atoms with Crippen LogP contribution in [0.1, 0.15) is 11.4 Å². The number of hydrogen-bond donors (Lipinski definition) is 1. The second-order valence-corrected chi connectivity index (χ2v) is 4.56. The quantitative estimate of drug-likeness (QED) is 0.933. The molecular weight excluding hydrogens is 266 g/mol. The standard InChI is InChI=1S/C12H14BrN3/c13-11-3-1-2-10(8-11)9-16-7-6-15-12(16)4-5-14/h1-3,6-8H,4-5,9,14H2. The van der Waals surface area contributed by atoms with Crippen molar-refractivity contribution in [1.29, 1.82) is 0 Å². The van der Waals surface area contributed by atoms with E-state index < -0.39 is 0 Å². The van der Waals surface area contributed by atoms with Gasteiger partial charge in [-0.25, -0.2) is 4.98 Å². The van der Waals surface area contributed by atoms with E-state index in [0.717, 1.165) is 23.3 Å². The molecule has 1 heterocycles. The summed E-state index contributed by atoms with van der Waals surface area (Å²) in [6.45, 7) is 1.48. The second-order valence-electron chi connectivity index (χ2n) is 3.64. The van der Waals surface area contributed by atoms with E-state index in [4.69, 9.17) is 5.73 Å². The Morgan fingerprint density at radius 2 is 2.25 bits per heavy atom. The van der Waals surface area contributed by atoms with Gasteiger partial charge in [0.15, 0.2) is 0 Å². The Bertz CT molecular complexity index is 465. The van der Waals surface area contributed by atoms with Crippen molar-refractivity contribution in [1.82, 2.24) is 9.55 Å². The molecule has 1 aromatic carbocycles. The number of nitrogens with two attached hydrogens (primary N) is 1. The third-order valence-corrected chi connectivity index (χ3v) is 2.90. The molecule has 2 aromatic rings. The number of rotatable bonds is 4. The summed E-state index contributed by atoms with van der Waals surface area (Å²) < 4.78 is 3.24. The third-order valence-electron chi connectivity index (χ3n) is 2.41. The highest BCUT2D eigenvalue weighted by Crippen LogP contribution is 2.13. The van der Waals surface area contributed by atoms with Crippen LogP contribution in [0.15, 0.2) is 41.1 Å². The summed E-state index contributed by atoms with van der Waals surface area (Å²) in [4.78, 5) is 4.30. The number of hydrogen-bond acceptors (Lipinski definition) is 2. The van der Waals surface area contributed by atoms with Crippen molar-refractivity contribution in [3.8, 4) is 0 Å². The molecule has 0 atom stereocenters. The second kappa shape index (κ2) is 5.27. The molecule has 0 radical (unpaired) electrons. The third kappa shape index (κ3) is 2.71. The lowest BCUT2D eigenvalue weighted by atomic mass is 10.2. The molecule has 2 N–H and O–H groups in total. The van der Waals surface area contributed by atoms with Crippen molar-refractivity contribution in [2.45, 2.75) is 13.0 Å². The van der Waals surface area contributed by atoms with Gasteiger partial charge in [0, 0.05) is 29.8 Å². The summed E-state index contributed by atoms with van der Waals surface area (Å²) in [6, 6.07) is 8.29. The van der Waals surface area contributed by atoms with Crippen LogP contribution in [0.4, 0.5) is 0 Å². The first-order valence-electron chi connectivity index (χ1n) is 5.24. The maximum absolute atomic E-state index is 5.55. The van der Waals surface area contributed by atoms with Crippen LogP contribution >= 0.6 is 15.9 Å². The van der Waals surface area contributed by atoms with Crippen LogP contribution in [0.2, 0.25) is 0 Å². The summed E-state index contributed by atoms with van der Waals surface area (Å²) in [5.74, 6) is 1.04. The van der Waals surface area contributed by atoms with Gasteiger partial charge in [0.2, 0.25) is 0 Å². The Morgan fingerprint density at radius 3 is 3.00 bits per heavy atom. The Kier molecular flexibility index (Phi) is 3.74. The maximum Gasteiger partial charge on any atom is 0.110 e. The van der Waals surface area contributed by atoms with Crippen molar-refractivity contribution >= 4 is 15.9 Å². The van der Waals surface area contributed by atoms with Crippen molar-refractivity contribution in [2.75, 3.05) is 6.54 Å². The van der Waals surface area contributed by atoms with Gasteiger partial charge in [0.1, 0.15) is 5.82 Å². The van der Waals surface area contributed by atoms with Crippen LogP contribution < -0.4 is 5.73 Å². The van der Waals surface area contributed by atoms with Crippen molar-refractivity contribution in [2.24, 2.45) is 5.73 Å². The normalized spacial score (nSPS) is 10.6. The van der Waals surface area contributed by atoms with E-state index in [9.17, 15) is 0 Å². The highest BCUT2D eigenvalue weighted by atomic mass is 79.9. The first kappa shape index (κ1) is 11.4. The van der Waals surface area contributed by atoms with Gasteiger partial charge in [-0.05, 0) is 24.2 Å². The fraction of sp³-hybridized carbons (Fsp3) is 0.250. The Hall–Kier alpha value is -1.13. The molecule has 84 valence electrons. The molecule has 4 heteroatoms. The smallest absolute Gasteiger partial charge is 0.110 e. The van der Waals surface area contributed by atoms with E-state index in [1.54, 1.807) is 0 Å². The molecular formula is C12H14BrN3. The predicted molar refractivity (Wildman–Crippen MR) is 68.2 cm³/mol. The van der Waals surface area contributed by atoms with E-state index in [2.05, 4.69) is 37.6 Å². The molecule has 3 nitrogen and oxygen atoms in total. The summed E-state index contributed by atoms with van der Waals surface area (Å²) in [5, 5.41) is 0. The van der Waals surface area contributed by atoms with E-state index >= 15 is 0 Å². The van der Waals surface area contributed by atoms with E-state index in [0.29, 0.717) is 6.54 Å². The monoisotopic (exact) mass is 279 g/mol. The number of nitrogens with zero attached hydrogens (tertiary/aromatic N) is 2. The summed E-state index contributed by atoms with van der Waals surface area (Å²) in [5.41, 5.74) is 6.80. The van der Waals surface area contributed by atoms with Crippen LogP contribution in [-0.4, -0.2) is 16.1 Å². The molecule has 0 amide bonds. The molecule has 0 fully saturated rings. The average molecular weight is 280 g/mol. The lowest BCUT2D eigenvalue weighted by molar-refractivity contribution is 0.716. The van der Waals surface area contributed by atoms with Crippen LogP contribution in [-0.2, 0) is 13.0 Å². The minimum Gasteiger partial charge on any atom is -0.330 e. The first-order chi connectivity index (χ1) is 7.79. The van der Waals surface area contributed by atoms with Gasteiger partial charge in [-0.3, -0.25) is 0 Å². The molecule has 0 saturated carbocycles. The fourth-order valence-corrected chi connectivity index (χ4v) is 2.12. The first-order valence-corrected chi connectivity index (χ1v) is 6.03. The zero-order chi connectivity index (χ0) is 11.4. The molecule has 2 rings (SSSR count). The summed E-state index contributed by atoms with van der Waals surface area (Å²) in [7, 11) is 0. The molecule has 0 aliphatic heterocycles. The minimum absolute atomic E-state index is 0.634. The largest absolute Gasteiger partial charge is 0.330 e. The van der Waals surface area contributed by atoms with E-state index in [1.165, 1.54) is 5.56 Å². The molecule has 16 heavy (non-hydrogen) atoms. The molecule has 0 unspecified atom stereocenters. The van der Waals surface area contributed by atoms with Gasteiger partial charge in [0.05, 0.1) is 0 Å². The van der Waals surface area contributed by atoms with Crippen molar-refractivity contribution in [3.05, 3.63) is 52.5 Å². The van der Waals surface area contributed by atoms with Crippen molar-refractivity contribution < 1.29 is 0 Å². The maximum atomic E-state index is 5.55. The fourth-order valence-electron chi connectivity index (χ4n) is 1.67. The highest BCUT2D eigenvalue weighted by Gasteiger charge is 2.02. The van der Waals surface area contributed by atoms with Gasteiger partial charge in [-0.2, -0.15) is 0 Å². The SMILES string of the molecule is NCCc1nccn1Cc1cccc(Br)c1. The molecule has 1 aromatic heterocycles. The van der Waals surface area contributed by atoms with Crippen LogP contribution in [0.5, 0.6) is 0 Å². The Labute approximate surface area is 103 Å². The Morgan fingerprint density at radius 1 is 1.38 bits per heavy atom. The molecule has 0 aliphatic rings. The summed E-state index contributed by atoms with van der Waals surface area (Å²) >= 11 is 3.47. The van der Waals surface area contributed by atoms with Crippen LogP contribution in [0.3, 0.4) is 0 Å². The molecule has 0 aliphatic carbocycles. The van der Waals surface area contributed by atoms with Gasteiger partial charge in [-0.15, -0.1) is 0 Å². The van der Waals surface area contributed by atoms with Gasteiger partial charge in [-0.1, -0.05) is 28.1 Å². The highest BCUT2D eigenvalue weighted by molar-refractivity contribution is 9.10. The minimum atomic E-state index is 0.634. The number of aromatic nitrogens is 2. The zero-order valence-corrected chi connectivity index (χ0v) is 10.5. The summed E-state index contributed by atoms with van der Waals surface area (Å²) in [6.07, 6.45) is 4.63. The van der Waals surface area contributed by atoms with Gasteiger partial charge < -0.3 is 10.3 Å². The molecule has 0 saturated heterocycles. The zero-order valence-electron chi connectivity index (χ0n) is 8.94. The number of halogens is 1. The lowest BCUT2D eigenvalue weighted by Gasteiger charge is -2.07.